The Morgan fingerprint density at radius 3 is 2.26 bits per heavy atom. The van der Waals surface area contributed by atoms with Crippen molar-refractivity contribution < 1.29 is 27.1 Å². The Morgan fingerprint density at radius 2 is 1.67 bits per heavy atom. The van der Waals surface area contributed by atoms with E-state index in [1.165, 1.54) is 31.4 Å². The van der Waals surface area contributed by atoms with Gasteiger partial charge in [-0.3, -0.25) is 14.3 Å². The normalized spacial score (nSPS) is 10.9. The standard InChI is InChI=1S/C18H19FN2O5S/c1-26-17(22)3-2-12-20-18(23)13-4-8-15(9-5-13)21-27(24,25)16-10-6-14(19)7-11-16/h4-11,21H,2-3,12H2,1H3,(H,20,23). The Hall–Kier alpha value is -2.94. The maximum Gasteiger partial charge on any atom is 0.305 e. The molecule has 0 saturated heterocycles. The molecule has 9 heteroatoms. The highest BCUT2D eigenvalue weighted by Crippen LogP contribution is 2.17. The van der Waals surface area contributed by atoms with Gasteiger partial charge >= 0.3 is 5.97 Å². The predicted octanol–water partition coefficient (Wildman–Crippen LogP) is 2.31. The number of amides is 1. The van der Waals surface area contributed by atoms with E-state index in [4.69, 9.17) is 0 Å². The second-order valence-electron chi connectivity index (χ2n) is 5.57. The van der Waals surface area contributed by atoms with Crippen LogP contribution in [0.3, 0.4) is 0 Å². The van der Waals surface area contributed by atoms with Crippen molar-refractivity contribution in [3.05, 3.63) is 59.9 Å². The van der Waals surface area contributed by atoms with Gasteiger partial charge in [0.15, 0.2) is 0 Å². The third-order valence-electron chi connectivity index (χ3n) is 3.59. The van der Waals surface area contributed by atoms with Crippen LogP contribution < -0.4 is 10.0 Å². The Balaban J connectivity index is 1.93. The van der Waals surface area contributed by atoms with Crippen molar-refractivity contribution >= 4 is 27.6 Å². The topological polar surface area (TPSA) is 102 Å². The number of methoxy groups -OCH3 is 1. The van der Waals surface area contributed by atoms with Crippen LogP contribution in [0.5, 0.6) is 0 Å². The lowest BCUT2D eigenvalue weighted by molar-refractivity contribution is -0.140. The summed E-state index contributed by atoms with van der Waals surface area (Å²) < 4.78 is 44.2. The molecular weight excluding hydrogens is 375 g/mol. The highest BCUT2D eigenvalue weighted by molar-refractivity contribution is 7.92. The minimum atomic E-state index is -3.85. The number of ether oxygens (including phenoxy) is 1. The van der Waals surface area contributed by atoms with Gasteiger partial charge in [0.2, 0.25) is 0 Å². The summed E-state index contributed by atoms with van der Waals surface area (Å²) in [4.78, 5) is 22.9. The third kappa shape index (κ3) is 6.07. The first-order chi connectivity index (χ1) is 12.8. The van der Waals surface area contributed by atoms with E-state index in [9.17, 15) is 22.4 Å². The Labute approximate surface area is 156 Å². The number of hydrogen-bond donors (Lipinski definition) is 2. The molecule has 0 atom stereocenters. The molecule has 7 nitrogen and oxygen atoms in total. The number of anilines is 1. The van der Waals surface area contributed by atoms with Crippen LogP contribution in [0.2, 0.25) is 0 Å². The summed E-state index contributed by atoms with van der Waals surface area (Å²) in [5.74, 6) is -1.22. The Kier molecular flexibility index (Phi) is 6.89. The van der Waals surface area contributed by atoms with Crippen molar-refractivity contribution in [2.45, 2.75) is 17.7 Å². The van der Waals surface area contributed by atoms with Gasteiger partial charge in [-0.2, -0.15) is 0 Å². The summed E-state index contributed by atoms with van der Waals surface area (Å²) in [6, 6.07) is 10.3. The molecule has 0 heterocycles. The van der Waals surface area contributed by atoms with Crippen LogP contribution in [-0.2, 0) is 19.6 Å². The molecule has 27 heavy (non-hydrogen) atoms. The van der Waals surface area contributed by atoms with Crippen LogP contribution >= 0.6 is 0 Å². The summed E-state index contributed by atoms with van der Waals surface area (Å²) >= 11 is 0. The summed E-state index contributed by atoms with van der Waals surface area (Å²) in [6.45, 7) is 0.312. The monoisotopic (exact) mass is 394 g/mol. The van der Waals surface area contributed by atoms with Crippen molar-refractivity contribution in [2.24, 2.45) is 0 Å². The highest BCUT2D eigenvalue weighted by Gasteiger charge is 2.14. The van der Waals surface area contributed by atoms with Crippen molar-refractivity contribution in [3.8, 4) is 0 Å². The molecule has 0 radical (unpaired) electrons. The lowest BCUT2D eigenvalue weighted by Gasteiger charge is -2.09. The first-order valence-electron chi connectivity index (χ1n) is 8.05. The van der Waals surface area contributed by atoms with Crippen molar-refractivity contribution in [2.75, 3.05) is 18.4 Å². The molecule has 0 saturated carbocycles. The summed E-state index contributed by atoms with van der Waals surface area (Å²) in [6.07, 6.45) is 0.662. The first-order valence-corrected chi connectivity index (χ1v) is 9.53. The van der Waals surface area contributed by atoms with Crippen LogP contribution in [-0.4, -0.2) is 33.9 Å². The van der Waals surface area contributed by atoms with Crippen molar-refractivity contribution in [1.82, 2.24) is 5.32 Å². The molecule has 2 rings (SSSR count). The van der Waals surface area contributed by atoms with E-state index in [1.807, 2.05) is 0 Å². The average molecular weight is 394 g/mol. The molecule has 0 spiro atoms. The Bertz CT molecular complexity index is 896. The molecular formula is C18H19FN2O5S. The minimum Gasteiger partial charge on any atom is -0.469 e. The van der Waals surface area contributed by atoms with Crippen LogP contribution in [0.1, 0.15) is 23.2 Å². The smallest absolute Gasteiger partial charge is 0.305 e. The van der Waals surface area contributed by atoms with Gasteiger partial charge in [-0.15, -0.1) is 0 Å². The number of esters is 1. The predicted molar refractivity (Wildman–Crippen MR) is 97.2 cm³/mol. The van der Waals surface area contributed by atoms with Gasteiger partial charge in [-0.25, -0.2) is 12.8 Å². The number of carbonyl (C=O) groups excluding carboxylic acids is 2. The van der Waals surface area contributed by atoms with E-state index in [-0.39, 0.29) is 28.9 Å². The Morgan fingerprint density at radius 1 is 1.04 bits per heavy atom. The molecule has 0 fully saturated rings. The molecule has 0 aliphatic carbocycles. The molecule has 2 N–H and O–H groups in total. The number of nitrogens with one attached hydrogen (secondary N) is 2. The lowest BCUT2D eigenvalue weighted by atomic mass is 10.2. The van der Waals surface area contributed by atoms with Gasteiger partial charge < -0.3 is 10.1 Å². The number of sulfonamides is 1. The van der Waals surface area contributed by atoms with Crippen LogP contribution in [0.4, 0.5) is 10.1 Å². The van der Waals surface area contributed by atoms with E-state index in [0.717, 1.165) is 24.3 Å². The van der Waals surface area contributed by atoms with E-state index in [2.05, 4.69) is 14.8 Å². The number of rotatable bonds is 8. The fourth-order valence-electron chi connectivity index (χ4n) is 2.16. The minimum absolute atomic E-state index is 0.0728. The fourth-order valence-corrected chi connectivity index (χ4v) is 3.21. The van der Waals surface area contributed by atoms with Gasteiger partial charge in [-0.05, 0) is 55.0 Å². The molecule has 1 amide bonds. The largest absolute Gasteiger partial charge is 0.469 e. The van der Waals surface area contributed by atoms with E-state index in [0.29, 0.717) is 18.5 Å². The van der Waals surface area contributed by atoms with Gasteiger partial charge in [0.1, 0.15) is 5.82 Å². The van der Waals surface area contributed by atoms with E-state index < -0.39 is 15.8 Å². The van der Waals surface area contributed by atoms with Crippen LogP contribution in [0.15, 0.2) is 53.4 Å². The van der Waals surface area contributed by atoms with Gasteiger partial charge in [-0.1, -0.05) is 0 Å². The number of hydrogen-bond acceptors (Lipinski definition) is 5. The number of halogens is 1. The van der Waals surface area contributed by atoms with Crippen molar-refractivity contribution in [1.29, 1.82) is 0 Å². The second-order valence-corrected chi connectivity index (χ2v) is 7.25. The first kappa shape index (κ1) is 20.4. The average Bonchev–Trinajstić information content (AvgIpc) is 2.65. The summed E-state index contributed by atoms with van der Waals surface area (Å²) in [5.41, 5.74) is 0.611. The van der Waals surface area contributed by atoms with Crippen LogP contribution in [0, 0.1) is 5.82 Å². The quantitative estimate of drug-likeness (QED) is 0.528. The molecule has 0 aromatic heterocycles. The zero-order valence-electron chi connectivity index (χ0n) is 14.6. The van der Waals surface area contributed by atoms with Gasteiger partial charge in [0.25, 0.3) is 15.9 Å². The van der Waals surface area contributed by atoms with Crippen LogP contribution in [0.25, 0.3) is 0 Å². The number of carbonyl (C=O) groups is 2. The molecule has 0 aliphatic heterocycles. The number of benzene rings is 2. The SMILES string of the molecule is COC(=O)CCCNC(=O)c1ccc(NS(=O)(=O)c2ccc(F)cc2)cc1. The molecule has 144 valence electrons. The van der Waals surface area contributed by atoms with E-state index in [1.54, 1.807) is 0 Å². The van der Waals surface area contributed by atoms with Gasteiger partial charge in [0, 0.05) is 24.2 Å². The van der Waals surface area contributed by atoms with E-state index >= 15 is 0 Å². The molecule has 0 unspecified atom stereocenters. The molecule has 0 aliphatic rings. The molecule has 2 aromatic carbocycles. The zero-order valence-corrected chi connectivity index (χ0v) is 15.4. The summed E-state index contributed by atoms with van der Waals surface area (Å²) in [5, 5.41) is 2.66. The lowest BCUT2D eigenvalue weighted by Crippen LogP contribution is -2.25. The third-order valence-corrected chi connectivity index (χ3v) is 4.99. The van der Waals surface area contributed by atoms with Crippen molar-refractivity contribution in [3.63, 3.8) is 0 Å². The van der Waals surface area contributed by atoms with Gasteiger partial charge in [0.05, 0.1) is 12.0 Å². The summed E-state index contributed by atoms with van der Waals surface area (Å²) in [7, 11) is -2.55. The molecule has 2 aromatic rings. The maximum absolute atomic E-state index is 12.9. The highest BCUT2D eigenvalue weighted by atomic mass is 32.2. The molecule has 0 bridgehead atoms. The fraction of sp³-hybridized carbons (Fsp3) is 0.222. The second kappa shape index (κ2) is 9.13. The maximum atomic E-state index is 12.9. The zero-order chi connectivity index (χ0) is 19.9.